The van der Waals surface area contributed by atoms with Crippen molar-refractivity contribution in [3.63, 3.8) is 0 Å². The molecule has 0 aromatic rings. The van der Waals surface area contributed by atoms with Crippen molar-refractivity contribution >= 4 is 11.9 Å². The van der Waals surface area contributed by atoms with E-state index in [0.717, 1.165) is 25.7 Å². The van der Waals surface area contributed by atoms with E-state index in [-0.39, 0.29) is 24.5 Å². The Balaban J connectivity index is 2.52. The predicted octanol–water partition coefficient (Wildman–Crippen LogP) is 1.34. The second-order valence-corrected chi connectivity index (χ2v) is 4.68. The number of carboxylic acid groups (broad SMARTS) is 1. The molecule has 1 amide bonds. The van der Waals surface area contributed by atoms with Gasteiger partial charge in [-0.05, 0) is 19.3 Å². The highest BCUT2D eigenvalue weighted by Crippen LogP contribution is 2.43. The maximum Gasteiger partial charge on any atom is 0.328 e. The fourth-order valence-electron chi connectivity index (χ4n) is 2.10. The van der Waals surface area contributed by atoms with Crippen molar-refractivity contribution in [1.29, 1.82) is 0 Å². The van der Waals surface area contributed by atoms with Gasteiger partial charge in [0.25, 0.3) is 0 Å². The highest BCUT2D eigenvalue weighted by Gasteiger charge is 2.43. The first-order valence-electron chi connectivity index (χ1n) is 6.28. The third kappa shape index (κ3) is 3.32. The third-order valence-corrected chi connectivity index (χ3v) is 3.59. The molecule has 1 aliphatic rings. The lowest BCUT2D eigenvalue weighted by Gasteiger charge is -2.40. The van der Waals surface area contributed by atoms with E-state index >= 15 is 0 Å². The summed E-state index contributed by atoms with van der Waals surface area (Å²) in [5.41, 5.74) is -0.355. The summed E-state index contributed by atoms with van der Waals surface area (Å²) in [5.74, 6) is -1.23. The van der Waals surface area contributed by atoms with Crippen molar-refractivity contribution in [3.05, 3.63) is 12.7 Å². The van der Waals surface area contributed by atoms with E-state index in [1.54, 1.807) is 6.08 Å². The number of ether oxygens (including phenoxy) is 1. The molecule has 0 aliphatic heterocycles. The van der Waals surface area contributed by atoms with Crippen LogP contribution >= 0.6 is 0 Å². The van der Waals surface area contributed by atoms with Gasteiger partial charge >= 0.3 is 5.97 Å². The number of carbonyl (C=O) groups excluding carboxylic acids is 1. The minimum Gasteiger partial charge on any atom is -0.480 e. The number of carboxylic acids is 1. The van der Waals surface area contributed by atoms with Crippen LogP contribution in [-0.2, 0) is 14.3 Å². The number of rotatable bonds is 8. The summed E-state index contributed by atoms with van der Waals surface area (Å²) < 4.78 is 5.09. The van der Waals surface area contributed by atoms with Crippen molar-refractivity contribution in [2.24, 2.45) is 5.41 Å². The van der Waals surface area contributed by atoms with Gasteiger partial charge in [0.2, 0.25) is 5.91 Å². The molecule has 1 aliphatic carbocycles. The van der Waals surface area contributed by atoms with Crippen molar-refractivity contribution in [1.82, 2.24) is 5.32 Å². The van der Waals surface area contributed by atoms with Gasteiger partial charge in [0.15, 0.2) is 6.04 Å². The molecule has 1 fully saturated rings. The van der Waals surface area contributed by atoms with Gasteiger partial charge in [0, 0.05) is 5.41 Å². The SMILES string of the molecule is C=CCOCC(NC(=O)C1(CC)CCC1)C(=O)O. The topological polar surface area (TPSA) is 75.6 Å². The molecule has 0 saturated heterocycles. The molecular formula is C13H21NO4. The Morgan fingerprint density at radius 3 is 2.61 bits per heavy atom. The van der Waals surface area contributed by atoms with E-state index in [4.69, 9.17) is 9.84 Å². The average Bonchev–Trinajstić information content (AvgIpc) is 2.27. The number of amides is 1. The summed E-state index contributed by atoms with van der Waals surface area (Å²) in [7, 11) is 0. The summed E-state index contributed by atoms with van der Waals surface area (Å²) in [5, 5.41) is 11.6. The Hall–Kier alpha value is -1.36. The highest BCUT2D eigenvalue weighted by atomic mass is 16.5. The van der Waals surface area contributed by atoms with Gasteiger partial charge in [-0.25, -0.2) is 4.79 Å². The smallest absolute Gasteiger partial charge is 0.328 e. The Kier molecular flexibility index (Phi) is 5.34. The molecule has 1 atom stereocenters. The molecule has 5 nitrogen and oxygen atoms in total. The van der Waals surface area contributed by atoms with E-state index in [9.17, 15) is 9.59 Å². The number of nitrogens with one attached hydrogen (secondary N) is 1. The first-order chi connectivity index (χ1) is 8.55. The number of hydrogen-bond donors (Lipinski definition) is 2. The Morgan fingerprint density at radius 1 is 1.56 bits per heavy atom. The molecule has 1 unspecified atom stereocenters. The molecule has 0 bridgehead atoms. The predicted molar refractivity (Wildman–Crippen MR) is 67.2 cm³/mol. The van der Waals surface area contributed by atoms with Crippen LogP contribution < -0.4 is 5.32 Å². The molecule has 0 radical (unpaired) electrons. The zero-order chi connectivity index (χ0) is 13.6. The number of aliphatic carboxylic acids is 1. The summed E-state index contributed by atoms with van der Waals surface area (Å²) in [6.45, 7) is 5.68. The van der Waals surface area contributed by atoms with E-state index in [2.05, 4.69) is 11.9 Å². The van der Waals surface area contributed by atoms with Crippen LogP contribution in [0.2, 0.25) is 0 Å². The van der Waals surface area contributed by atoms with Crippen LogP contribution in [-0.4, -0.2) is 36.2 Å². The fourth-order valence-corrected chi connectivity index (χ4v) is 2.10. The van der Waals surface area contributed by atoms with Crippen LogP contribution in [0, 0.1) is 5.41 Å². The summed E-state index contributed by atoms with van der Waals surface area (Å²) in [6.07, 6.45) is 5.01. The van der Waals surface area contributed by atoms with Gasteiger partial charge in [0.1, 0.15) is 0 Å². The second-order valence-electron chi connectivity index (χ2n) is 4.68. The molecule has 18 heavy (non-hydrogen) atoms. The van der Waals surface area contributed by atoms with E-state index in [0.29, 0.717) is 0 Å². The van der Waals surface area contributed by atoms with E-state index < -0.39 is 12.0 Å². The zero-order valence-electron chi connectivity index (χ0n) is 10.8. The third-order valence-electron chi connectivity index (χ3n) is 3.59. The molecule has 1 saturated carbocycles. The normalized spacial score (nSPS) is 18.5. The lowest BCUT2D eigenvalue weighted by Crippen LogP contribution is -2.52. The standard InChI is InChI=1S/C13H21NO4/c1-3-8-18-9-10(11(15)16)14-12(17)13(4-2)6-5-7-13/h3,10H,1,4-9H2,2H3,(H,14,17)(H,15,16). The van der Waals surface area contributed by atoms with Gasteiger partial charge in [-0.3, -0.25) is 4.79 Å². The molecule has 0 heterocycles. The quantitative estimate of drug-likeness (QED) is 0.507. The lowest BCUT2D eigenvalue weighted by molar-refractivity contribution is -0.147. The van der Waals surface area contributed by atoms with Crippen LogP contribution in [0.4, 0.5) is 0 Å². The number of carbonyl (C=O) groups is 2. The monoisotopic (exact) mass is 255 g/mol. The summed E-state index contributed by atoms with van der Waals surface area (Å²) in [6, 6.07) is -0.985. The van der Waals surface area contributed by atoms with E-state index in [1.807, 2.05) is 6.92 Å². The van der Waals surface area contributed by atoms with Crippen LogP contribution in [0.1, 0.15) is 32.6 Å². The van der Waals surface area contributed by atoms with Gasteiger partial charge in [0.05, 0.1) is 13.2 Å². The molecule has 102 valence electrons. The molecule has 2 N–H and O–H groups in total. The minimum atomic E-state index is -1.07. The summed E-state index contributed by atoms with van der Waals surface area (Å²) >= 11 is 0. The first kappa shape index (κ1) is 14.7. The van der Waals surface area contributed by atoms with Gasteiger partial charge in [-0.2, -0.15) is 0 Å². The largest absolute Gasteiger partial charge is 0.480 e. The highest BCUT2D eigenvalue weighted by molar-refractivity contribution is 5.88. The van der Waals surface area contributed by atoms with Gasteiger partial charge < -0.3 is 15.2 Å². The van der Waals surface area contributed by atoms with Crippen molar-refractivity contribution in [2.75, 3.05) is 13.2 Å². The molecular weight excluding hydrogens is 234 g/mol. The van der Waals surface area contributed by atoms with E-state index in [1.165, 1.54) is 0 Å². The second kappa shape index (κ2) is 6.54. The maximum absolute atomic E-state index is 12.1. The molecule has 0 spiro atoms. The number of hydrogen-bond acceptors (Lipinski definition) is 3. The maximum atomic E-state index is 12.1. The van der Waals surface area contributed by atoms with Crippen LogP contribution in [0.5, 0.6) is 0 Å². The van der Waals surface area contributed by atoms with Gasteiger partial charge in [-0.15, -0.1) is 6.58 Å². The summed E-state index contributed by atoms with van der Waals surface area (Å²) in [4.78, 5) is 23.1. The average molecular weight is 255 g/mol. The Bertz CT molecular complexity index is 317. The van der Waals surface area contributed by atoms with Crippen molar-refractivity contribution < 1.29 is 19.4 Å². The Labute approximate surface area is 107 Å². The molecule has 0 aromatic carbocycles. The minimum absolute atomic E-state index is 0.0348. The molecule has 0 aromatic heterocycles. The van der Waals surface area contributed by atoms with Crippen LogP contribution in [0.3, 0.4) is 0 Å². The van der Waals surface area contributed by atoms with Crippen LogP contribution in [0.25, 0.3) is 0 Å². The lowest BCUT2D eigenvalue weighted by atomic mass is 9.66. The van der Waals surface area contributed by atoms with Crippen molar-refractivity contribution in [2.45, 2.75) is 38.6 Å². The zero-order valence-corrected chi connectivity index (χ0v) is 10.8. The molecule has 5 heteroatoms. The van der Waals surface area contributed by atoms with Gasteiger partial charge in [-0.1, -0.05) is 19.4 Å². The Morgan fingerprint density at radius 2 is 2.22 bits per heavy atom. The first-order valence-corrected chi connectivity index (χ1v) is 6.28. The molecule has 1 rings (SSSR count). The van der Waals surface area contributed by atoms with Crippen LogP contribution in [0.15, 0.2) is 12.7 Å². The van der Waals surface area contributed by atoms with Crippen molar-refractivity contribution in [3.8, 4) is 0 Å². The fraction of sp³-hybridized carbons (Fsp3) is 0.692.